The number of carbonyl (C=O) groups excluding carboxylic acids is 2. The molecule has 2 fully saturated rings. The van der Waals surface area contributed by atoms with Crippen LogP contribution >= 0.6 is 22.7 Å². The lowest BCUT2D eigenvalue weighted by atomic mass is 9.93. The number of amides is 2. The van der Waals surface area contributed by atoms with Crippen molar-refractivity contribution >= 4 is 40.2 Å². The molecule has 1 spiro atoms. The van der Waals surface area contributed by atoms with Crippen molar-refractivity contribution in [2.75, 3.05) is 38.1 Å². The van der Waals surface area contributed by atoms with Crippen molar-refractivity contribution in [2.45, 2.75) is 18.4 Å². The molecule has 0 aromatic carbocycles. The van der Waals surface area contributed by atoms with E-state index in [1.165, 1.54) is 0 Å². The minimum absolute atomic E-state index is 0.134. The molecule has 0 saturated carbocycles. The van der Waals surface area contributed by atoms with Crippen LogP contribution < -0.4 is 4.90 Å². The smallest absolute Gasteiger partial charge is 0.241 e. The van der Waals surface area contributed by atoms with Crippen LogP contribution in [0.3, 0.4) is 0 Å². The van der Waals surface area contributed by atoms with Crippen LogP contribution in [0.5, 0.6) is 0 Å². The third-order valence-electron chi connectivity index (χ3n) is 5.34. The van der Waals surface area contributed by atoms with E-state index in [0.29, 0.717) is 26.1 Å². The molecule has 0 N–H and O–H groups in total. The third-order valence-corrected chi connectivity index (χ3v) is 6.89. The summed E-state index contributed by atoms with van der Waals surface area (Å²) in [5.74, 6) is 0.321. The quantitative estimate of drug-likeness (QED) is 0.827. The van der Waals surface area contributed by atoms with Crippen LogP contribution in [0.1, 0.15) is 11.3 Å². The van der Waals surface area contributed by atoms with Gasteiger partial charge in [-0.05, 0) is 36.4 Å². The second-order valence-corrected chi connectivity index (χ2v) is 8.68. The summed E-state index contributed by atoms with van der Waals surface area (Å²) < 4.78 is 0. The van der Waals surface area contributed by atoms with E-state index < -0.39 is 0 Å². The second kappa shape index (κ2) is 6.55. The zero-order valence-electron chi connectivity index (χ0n) is 14.2. The van der Waals surface area contributed by atoms with Crippen LogP contribution in [0.4, 0.5) is 5.69 Å². The molecule has 0 bridgehead atoms. The Morgan fingerprint density at radius 3 is 2.88 bits per heavy atom. The zero-order valence-corrected chi connectivity index (χ0v) is 15.8. The fourth-order valence-electron chi connectivity index (χ4n) is 3.79. The van der Waals surface area contributed by atoms with Crippen LogP contribution in [0.25, 0.3) is 0 Å². The van der Waals surface area contributed by atoms with Gasteiger partial charge in [-0.3, -0.25) is 14.5 Å². The summed E-state index contributed by atoms with van der Waals surface area (Å²) in [4.78, 5) is 32.3. The Balaban J connectivity index is 1.49. The number of hydrogen-bond acceptors (Lipinski definition) is 5. The van der Waals surface area contributed by atoms with Gasteiger partial charge < -0.3 is 9.80 Å². The third kappa shape index (κ3) is 3.12. The summed E-state index contributed by atoms with van der Waals surface area (Å²) in [7, 11) is 2.01. The van der Waals surface area contributed by atoms with E-state index in [9.17, 15) is 9.59 Å². The number of thiophene rings is 2. The van der Waals surface area contributed by atoms with Crippen molar-refractivity contribution in [2.24, 2.45) is 0 Å². The first-order valence-electron chi connectivity index (χ1n) is 8.41. The standard InChI is InChI=1S/C18H21N3O2S2/c1-19-10-17(23)21(14-4-8-24-11-14)13-18(19)5-6-20(12-18)16(22)9-15-3-2-7-25-15/h2-4,7-8,11H,5-6,9-10,12-13H2,1H3. The van der Waals surface area contributed by atoms with Crippen molar-refractivity contribution < 1.29 is 9.59 Å². The van der Waals surface area contributed by atoms with Crippen LogP contribution in [-0.2, 0) is 16.0 Å². The van der Waals surface area contributed by atoms with E-state index in [1.54, 1.807) is 22.7 Å². The monoisotopic (exact) mass is 375 g/mol. The molecule has 2 aromatic heterocycles. The fraction of sp³-hybridized carbons (Fsp3) is 0.444. The van der Waals surface area contributed by atoms with Gasteiger partial charge in [0.1, 0.15) is 0 Å². The molecule has 7 heteroatoms. The first-order chi connectivity index (χ1) is 12.1. The minimum atomic E-state index is -0.138. The highest BCUT2D eigenvalue weighted by Crippen LogP contribution is 2.34. The average molecular weight is 376 g/mol. The van der Waals surface area contributed by atoms with Crippen molar-refractivity contribution in [1.82, 2.24) is 9.80 Å². The number of anilines is 1. The maximum Gasteiger partial charge on any atom is 0.241 e. The number of piperazine rings is 1. The lowest BCUT2D eigenvalue weighted by molar-refractivity contribution is -0.130. The Morgan fingerprint density at radius 2 is 2.16 bits per heavy atom. The first-order valence-corrected chi connectivity index (χ1v) is 10.2. The van der Waals surface area contributed by atoms with Crippen LogP contribution in [-0.4, -0.2) is 60.4 Å². The molecule has 0 aliphatic carbocycles. The Kier molecular flexibility index (Phi) is 4.39. The number of rotatable bonds is 3. The van der Waals surface area contributed by atoms with E-state index in [0.717, 1.165) is 23.5 Å². The molecule has 132 valence electrons. The number of likely N-dealkylation sites (N-methyl/N-ethyl adjacent to an activating group) is 1. The van der Waals surface area contributed by atoms with Gasteiger partial charge in [0.2, 0.25) is 11.8 Å². The van der Waals surface area contributed by atoms with E-state index in [2.05, 4.69) is 4.90 Å². The van der Waals surface area contributed by atoms with Gasteiger partial charge in [-0.1, -0.05) is 6.07 Å². The molecule has 0 radical (unpaired) electrons. The van der Waals surface area contributed by atoms with Crippen LogP contribution in [0, 0.1) is 0 Å². The summed E-state index contributed by atoms with van der Waals surface area (Å²) in [5.41, 5.74) is 0.840. The lowest BCUT2D eigenvalue weighted by Crippen LogP contribution is -2.64. The largest absolute Gasteiger partial charge is 0.340 e. The molecule has 5 nitrogen and oxygen atoms in total. The zero-order chi connectivity index (χ0) is 17.4. The molecule has 1 atom stereocenters. The van der Waals surface area contributed by atoms with Crippen molar-refractivity contribution in [1.29, 1.82) is 0 Å². The van der Waals surface area contributed by atoms with Gasteiger partial charge in [0.05, 0.1) is 24.2 Å². The molecule has 2 saturated heterocycles. The van der Waals surface area contributed by atoms with E-state index >= 15 is 0 Å². The normalized spacial score (nSPS) is 24.4. The maximum absolute atomic E-state index is 12.7. The van der Waals surface area contributed by atoms with Gasteiger partial charge in [0, 0.05) is 29.9 Å². The highest BCUT2D eigenvalue weighted by Gasteiger charge is 2.48. The van der Waals surface area contributed by atoms with Crippen molar-refractivity contribution in [3.63, 3.8) is 0 Å². The Bertz CT molecular complexity index is 759. The van der Waals surface area contributed by atoms with Crippen LogP contribution in [0.2, 0.25) is 0 Å². The summed E-state index contributed by atoms with van der Waals surface area (Å²) in [6, 6.07) is 5.99. The number of carbonyl (C=O) groups is 2. The van der Waals surface area contributed by atoms with E-state index in [4.69, 9.17) is 0 Å². The Labute approximate surface area is 155 Å². The second-order valence-electron chi connectivity index (χ2n) is 6.86. The minimum Gasteiger partial charge on any atom is -0.340 e. The predicted octanol–water partition coefficient (Wildman–Crippen LogP) is 2.30. The highest BCUT2D eigenvalue weighted by molar-refractivity contribution is 7.10. The molecular formula is C18H21N3O2S2. The van der Waals surface area contributed by atoms with E-state index in [1.807, 2.05) is 51.2 Å². The lowest BCUT2D eigenvalue weighted by Gasteiger charge is -2.46. The van der Waals surface area contributed by atoms with Gasteiger partial charge in [0.25, 0.3) is 0 Å². The predicted molar refractivity (Wildman–Crippen MR) is 101 cm³/mol. The van der Waals surface area contributed by atoms with Gasteiger partial charge in [-0.2, -0.15) is 11.3 Å². The van der Waals surface area contributed by atoms with Crippen molar-refractivity contribution in [3.8, 4) is 0 Å². The summed E-state index contributed by atoms with van der Waals surface area (Å²) in [5, 5.41) is 6.03. The van der Waals surface area contributed by atoms with Gasteiger partial charge in [-0.15, -0.1) is 11.3 Å². The summed E-state index contributed by atoms with van der Waals surface area (Å²) in [6.07, 6.45) is 1.39. The Hall–Kier alpha value is -1.70. The van der Waals surface area contributed by atoms with Gasteiger partial charge >= 0.3 is 0 Å². The topological polar surface area (TPSA) is 43.9 Å². The molecule has 2 aromatic rings. The fourth-order valence-corrected chi connectivity index (χ4v) is 5.13. The molecule has 2 aliphatic heterocycles. The molecule has 2 amide bonds. The molecule has 4 rings (SSSR count). The Morgan fingerprint density at radius 1 is 1.28 bits per heavy atom. The number of hydrogen-bond donors (Lipinski definition) is 0. The SMILES string of the molecule is CN1CC(=O)N(c2ccsc2)CC12CCN(C(=O)Cc1cccs1)C2. The number of likely N-dealkylation sites (tertiary alicyclic amines) is 1. The molecule has 2 aliphatic rings. The molecule has 1 unspecified atom stereocenters. The maximum atomic E-state index is 12.7. The molecule has 25 heavy (non-hydrogen) atoms. The van der Waals surface area contributed by atoms with Crippen LogP contribution in [0.15, 0.2) is 34.3 Å². The van der Waals surface area contributed by atoms with Gasteiger partial charge in [0.15, 0.2) is 0 Å². The average Bonchev–Trinajstić information content (AvgIpc) is 3.33. The highest BCUT2D eigenvalue weighted by atomic mass is 32.1. The number of nitrogens with zero attached hydrogens (tertiary/aromatic N) is 3. The summed E-state index contributed by atoms with van der Waals surface area (Å²) in [6.45, 7) is 2.52. The van der Waals surface area contributed by atoms with Crippen molar-refractivity contribution in [3.05, 3.63) is 39.2 Å². The first kappa shape index (κ1) is 16.8. The molecule has 4 heterocycles. The summed E-state index contributed by atoms with van der Waals surface area (Å²) >= 11 is 3.23. The molecular weight excluding hydrogens is 354 g/mol. The van der Waals surface area contributed by atoms with E-state index in [-0.39, 0.29) is 17.4 Å². The van der Waals surface area contributed by atoms with Gasteiger partial charge in [-0.25, -0.2) is 0 Å².